The summed E-state index contributed by atoms with van der Waals surface area (Å²) in [7, 11) is 0. The van der Waals surface area contributed by atoms with Gasteiger partial charge in [0, 0.05) is 10.9 Å². The summed E-state index contributed by atoms with van der Waals surface area (Å²) < 4.78 is 5.35. The van der Waals surface area contributed by atoms with Crippen molar-refractivity contribution < 1.29 is 19.4 Å². The number of carbonyl (C=O) groups excluding carboxylic acids is 1. The van der Waals surface area contributed by atoms with Crippen molar-refractivity contribution in [3.8, 4) is 0 Å². The fraction of sp³-hybridized carbons (Fsp3) is 0.571. The molecule has 1 amide bonds. The number of aliphatic carboxylic acids is 1. The molecule has 0 aromatic carbocycles. The fourth-order valence-electron chi connectivity index (χ4n) is 2.27. The van der Waals surface area contributed by atoms with E-state index in [2.05, 4.69) is 0 Å². The molecule has 1 aliphatic rings. The highest BCUT2D eigenvalue weighted by Gasteiger charge is 2.37. The number of nitrogens with zero attached hydrogens (tertiary/aromatic N) is 1. The third-order valence-corrected chi connectivity index (χ3v) is 4.24. The number of hydrogen-bond acceptors (Lipinski definition) is 4. The molecule has 0 spiro atoms. The topological polar surface area (TPSA) is 66.8 Å². The SMILES string of the molecule is CC(C)N(Cc1cccs1)C(=O)C1CCC(C(=O)O)O1. The molecule has 2 unspecified atom stereocenters. The van der Waals surface area contributed by atoms with E-state index in [9.17, 15) is 9.59 Å². The first-order valence-corrected chi connectivity index (χ1v) is 7.58. The van der Waals surface area contributed by atoms with Crippen molar-refractivity contribution in [2.24, 2.45) is 0 Å². The van der Waals surface area contributed by atoms with Gasteiger partial charge in [0.1, 0.15) is 6.10 Å². The Hall–Kier alpha value is -1.40. The quantitative estimate of drug-likeness (QED) is 0.904. The Balaban J connectivity index is 2.02. The van der Waals surface area contributed by atoms with Crippen LogP contribution < -0.4 is 0 Å². The molecule has 2 atom stereocenters. The van der Waals surface area contributed by atoms with E-state index in [1.54, 1.807) is 16.2 Å². The van der Waals surface area contributed by atoms with E-state index in [1.807, 2.05) is 31.4 Å². The molecule has 1 N–H and O–H groups in total. The average Bonchev–Trinajstić information content (AvgIpc) is 3.06. The summed E-state index contributed by atoms with van der Waals surface area (Å²) in [5.74, 6) is -1.10. The highest BCUT2D eigenvalue weighted by atomic mass is 32.1. The third-order valence-electron chi connectivity index (χ3n) is 3.38. The van der Waals surface area contributed by atoms with E-state index in [4.69, 9.17) is 9.84 Å². The van der Waals surface area contributed by atoms with Gasteiger partial charge < -0.3 is 14.7 Å². The number of carboxylic acids is 1. The van der Waals surface area contributed by atoms with Gasteiger partial charge in [0.25, 0.3) is 5.91 Å². The van der Waals surface area contributed by atoms with Crippen LogP contribution in [0.25, 0.3) is 0 Å². The van der Waals surface area contributed by atoms with E-state index < -0.39 is 18.2 Å². The van der Waals surface area contributed by atoms with Gasteiger partial charge in [-0.05, 0) is 38.1 Å². The number of thiophene rings is 1. The molecule has 0 radical (unpaired) electrons. The van der Waals surface area contributed by atoms with Crippen LogP contribution in [-0.4, -0.2) is 40.1 Å². The van der Waals surface area contributed by atoms with Gasteiger partial charge in [0.15, 0.2) is 6.10 Å². The van der Waals surface area contributed by atoms with Crippen LogP contribution in [0.1, 0.15) is 31.6 Å². The Morgan fingerprint density at radius 3 is 2.65 bits per heavy atom. The lowest BCUT2D eigenvalue weighted by Crippen LogP contribution is -2.43. The van der Waals surface area contributed by atoms with Crippen molar-refractivity contribution in [1.82, 2.24) is 4.90 Å². The summed E-state index contributed by atoms with van der Waals surface area (Å²) in [6.07, 6.45) is -0.599. The van der Waals surface area contributed by atoms with Crippen LogP contribution in [0.5, 0.6) is 0 Å². The Kier molecular flexibility index (Phi) is 4.77. The number of amides is 1. The van der Waals surface area contributed by atoms with E-state index >= 15 is 0 Å². The second kappa shape index (κ2) is 6.37. The van der Waals surface area contributed by atoms with Crippen LogP contribution in [0.3, 0.4) is 0 Å². The second-order valence-corrected chi connectivity index (χ2v) is 6.20. The summed E-state index contributed by atoms with van der Waals surface area (Å²) in [4.78, 5) is 26.2. The Bertz CT molecular complexity index is 472. The lowest BCUT2D eigenvalue weighted by molar-refractivity contribution is -0.155. The smallest absolute Gasteiger partial charge is 0.332 e. The van der Waals surface area contributed by atoms with Gasteiger partial charge in [-0.25, -0.2) is 4.79 Å². The van der Waals surface area contributed by atoms with E-state index in [-0.39, 0.29) is 11.9 Å². The van der Waals surface area contributed by atoms with Crippen molar-refractivity contribution in [1.29, 1.82) is 0 Å². The molecule has 6 heteroatoms. The van der Waals surface area contributed by atoms with Gasteiger partial charge in [-0.15, -0.1) is 11.3 Å². The zero-order valence-electron chi connectivity index (χ0n) is 11.6. The fourth-order valence-corrected chi connectivity index (χ4v) is 2.97. The van der Waals surface area contributed by atoms with Gasteiger partial charge in [0.2, 0.25) is 0 Å². The number of ether oxygens (including phenoxy) is 1. The second-order valence-electron chi connectivity index (χ2n) is 5.17. The van der Waals surface area contributed by atoms with Gasteiger partial charge in [-0.1, -0.05) is 6.07 Å². The van der Waals surface area contributed by atoms with Gasteiger partial charge in [-0.3, -0.25) is 4.79 Å². The van der Waals surface area contributed by atoms with Crippen LogP contribution in [0.15, 0.2) is 17.5 Å². The molecule has 110 valence electrons. The van der Waals surface area contributed by atoms with Crippen LogP contribution in [0, 0.1) is 0 Å². The molecule has 1 aromatic heterocycles. The zero-order valence-corrected chi connectivity index (χ0v) is 12.4. The lowest BCUT2D eigenvalue weighted by Gasteiger charge is -2.28. The van der Waals surface area contributed by atoms with Gasteiger partial charge in [0.05, 0.1) is 6.54 Å². The molecular weight excluding hydrogens is 278 g/mol. The summed E-state index contributed by atoms with van der Waals surface area (Å²) in [6, 6.07) is 4.00. The standard InChI is InChI=1S/C14H19NO4S/c1-9(2)15(8-10-4-3-7-20-10)13(16)11-5-6-12(19-11)14(17)18/h3-4,7,9,11-12H,5-6,8H2,1-2H3,(H,17,18). The Morgan fingerprint density at radius 2 is 2.15 bits per heavy atom. The first-order valence-electron chi connectivity index (χ1n) is 6.70. The molecule has 0 aliphatic carbocycles. The molecular formula is C14H19NO4S. The van der Waals surface area contributed by atoms with Crippen molar-refractivity contribution in [2.45, 2.75) is 51.5 Å². The molecule has 2 rings (SSSR count). The lowest BCUT2D eigenvalue weighted by atomic mass is 10.1. The van der Waals surface area contributed by atoms with E-state index in [0.717, 1.165) is 4.88 Å². The predicted molar refractivity (Wildman–Crippen MR) is 75.5 cm³/mol. The predicted octanol–water partition coefficient (Wildman–Crippen LogP) is 2.12. The highest BCUT2D eigenvalue weighted by molar-refractivity contribution is 7.09. The van der Waals surface area contributed by atoms with Gasteiger partial charge in [-0.2, -0.15) is 0 Å². The van der Waals surface area contributed by atoms with Crippen molar-refractivity contribution in [3.05, 3.63) is 22.4 Å². The molecule has 20 heavy (non-hydrogen) atoms. The molecule has 2 heterocycles. The largest absolute Gasteiger partial charge is 0.479 e. The Morgan fingerprint density at radius 1 is 1.45 bits per heavy atom. The van der Waals surface area contributed by atoms with Crippen molar-refractivity contribution in [2.75, 3.05) is 0 Å². The molecule has 0 bridgehead atoms. The molecule has 0 saturated carbocycles. The maximum atomic E-state index is 12.5. The Labute approximate surface area is 122 Å². The summed E-state index contributed by atoms with van der Waals surface area (Å²) >= 11 is 1.61. The average molecular weight is 297 g/mol. The molecule has 1 aliphatic heterocycles. The van der Waals surface area contributed by atoms with Crippen molar-refractivity contribution >= 4 is 23.2 Å². The van der Waals surface area contributed by atoms with Gasteiger partial charge >= 0.3 is 5.97 Å². The minimum absolute atomic E-state index is 0.0529. The first kappa shape index (κ1) is 15.0. The maximum absolute atomic E-state index is 12.5. The highest BCUT2D eigenvalue weighted by Crippen LogP contribution is 2.24. The van der Waals surface area contributed by atoms with Crippen LogP contribution >= 0.6 is 11.3 Å². The molecule has 1 fully saturated rings. The molecule has 5 nitrogen and oxygen atoms in total. The zero-order chi connectivity index (χ0) is 14.7. The first-order chi connectivity index (χ1) is 9.49. The minimum atomic E-state index is -0.991. The normalized spacial score (nSPS) is 22.1. The van der Waals surface area contributed by atoms with E-state index in [1.165, 1.54) is 0 Å². The number of rotatable bonds is 5. The third kappa shape index (κ3) is 3.37. The maximum Gasteiger partial charge on any atom is 0.332 e. The van der Waals surface area contributed by atoms with Crippen LogP contribution in [0.2, 0.25) is 0 Å². The number of carboxylic acid groups (broad SMARTS) is 1. The van der Waals surface area contributed by atoms with E-state index in [0.29, 0.717) is 19.4 Å². The summed E-state index contributed by atoms with van der Waals surface area (Å²) in [5, 5.41) is 10.9. The molecule has 1 saturated heterocycles. The number of hydrogen-bond donors (Lipinski definition) is 1. The van der Waals surface area contributed by atoms with Crippen LogP contribution in [0.4, 0.5) is 0 Å². The van der Waals surface area contributed by atoms with Crippen LogP contribution in [-0.2, 0) is 20.9 Å². The summed E-state index contributed by atoms with van der Waals surface area (Å²) in [6.45, 7) is 4.45. The minimum Gasteiger partial charge on any atom is -0.479 e. The summed E-state index contributed by atoms with van der Waals surface area (Å²) in [5.41, 5.74) is 0. The molecule has 1 aromatic rings. The monoisotopic (exact) mass is 297 g/mol. The van der Waals surface area contributed by atoms with Crippen molar-refractivity contribution in [3.63, 3.8) is 0 Å². The number of carbonyl (C=O) groups is 2.